The molecule has 1 aromatic heterocycles. The van der Waals surface area contributed by atoms with Gasteiger partial charge < -0.3 is 9.26 Å². The summed E-state index contributed by atoms with van der Waals surface area (Å²) in [6.07, 6.45) is 1.85. The Bertz CT molecular complexity index is 415. The van der Waals surface area contributed by atoms with E-state index < -0.39 is 0 Å². The summed E-state index contributed by atoms with van der Waals surface area (Å²) in [5, 5.41) is 3.96. The van der Waals surface area contributed by atoms with Crippen LogP contribution in [-0.2, 0) is 16.0 Å². The molecule has 2 aliphatic heterocycles. The third-order valence-corrected chi connectivity index (χ3v) is 4.25. The average molecular weight is 254 g/mol. The van der Waals surface area contributed by atoms with Gasteiger partial charge in [-0.3, -0.25) is 4.79 Å². The highest BCUT2D eigenvalue weighted by molar-refractivity contribution is 8.00. The van der Waals surface area contributed by atoms with Gasteiger partial charge in [0.25, 0.3) is 0 Å². The summed E-state index contributed by atoms with van der Waals surface area (Å²) < 4.78 is 10.5. The fraction of sp³-hybridized carbons (Fsp3) is 0.727. The topological polar surface area (TPSA) is 65.2 Å². The summed E-state index contributed by atoms with van der Waals surface area (Å²) in [6.45, 7) is 1.61. The van der Waals surface area contributed by atoms with Crippen molar-refractivity contribution < 1.29 is 14.1 Å². The van der Waals surface area contributed by atoms with Gasteiger partial charge >= 0.3 is 0 Å². The monoisotopic (exact) mass is 254 g/mol. The standard InChI is InChI=1S/C11H14N2O3S/c14-9-6-17-5-8(9)11-12-10(13-16-11)3-7-1-2-15-4-7/h7-8H,1-6H2. The van der Waals surface area contributed by atoms with Gasteiger partial charge in [-0.1, -0.05) is 5.16 Å². The lowest BCUT2D eigenvalue weighted by atomic mass is 10.0. The Labute approximate surface area is 103 Å². The molecule has 2 aliphatic rings. The highest BCUT2D eigenvalue weighted by Gasteiger charge is 2.31. The molecule has 2 fully saturated rings. The highest BCUT2D eigenvalue weighted by Crippen LogP contribution is 2.28. The zero-order valence-electron chi connectivity index (χ0n) is 9.42. The molecule has 3 rings (SSSR count). The fourth-order valence-electron chi connectivity index (χ4n) is 2.17. The SMILES string of the molecule is O=C1CSCC1c1nc(CC2CCOC2)no1. The Morgan fingerprint density at radius 3 is 3.12 bits per heavy atom. The Kier molecular flexibility index (Phi) is 3.15. The van der Waals surface area contributed by atoms with Gasteiger partial charge in [-0.15, -0.1) is 0 Å². The maximum atomic E-state index is 11.6. The van der Waals surface area contributed by atoms with E-state index >= 15 is 0 Å². The predicted molar refractivity (Wildman–Crippen MR) is 62.0 cm³/mol. The summed E-state index contributed by atoms with van der Waals surface area (Å²) in [5.74, 6) is 3.06. The molecular formula is C11H14N2O3S. The number of carbonyl (C=O) groups excluding carboxylic acids is 1. The zero-order valence-corrected chi connectivity index (χ0v) is 10.2. The van der Waals surface area contributed by atoms with Gasteiger partial charge in [0.05, 0.1) is 5.75 Å². The van der Waals surface area contributed by atoms with Crippen LogP contribution in [0.3, 0.4) is 0 Å². The maximum absolute atomic E-state index is 11.6. The quantitative estimate of drug-likeness (QED) is 0.803. The molecule has 2 atom stereocenters. The number of aromatic nitrogens is 2. The minimum absolute atomic E-state index is 0.180. The first-order valence-electron chi connectivity index (χ1n) is 5.83. The van der Waals surface area contributed by atoms with Crippen molar-refractivity contribution in [3.8, 4) is 0 Å². The minimum Gasteiger partial charge on any atom is -0.381 e. The van der Waals surface area contributed by atoms with Crippen molar-refractivity contribution in [2.75, 3.05) is 24.7 Å². The van der Waals surface area contributed by atoms with E-state index in [9.17, 15) is 4.79 Å². The first-order chi connectivity index (χ1) is 8.33. The molecule has 0 aliphatic carbocycles. The Morgan fingerprint density at radius 2 is 2.41 bits per heavy atom. The van der Waals surface area contributed by atoms with E-state index in [0.717, 1.165) is 31.8 Å². The molecule has 3 heterocycles. The molecule has 2 saturated heterocycles. The largest absolute Gasteiger partial charge is 0.381 e. The van der Waals surface area contributed by atoms with Crippen molar-refractivity contribution in [1.29, 1.82) is 0 Å². The van der Waals surface area contributed by atoms with Crippen LogP contribution in [0.5, 0.6) is 0 Å². The van der Waals surface area contributed by atoms with Crippen LogP contribution in [-0.4, -0.2) is 40.6 Å². The molecule has 0 N–H and O–H groups in total. The van der Waals surface area contributed by atoms with Crippen molar-refractivity contribution in [1.82, 2.24) is 10.1 Å². The van der Waals surface area contributed by atoms with Gasteiger partial charge in [0.15, 0.2) is 11.6 Å². The van der Waals surface area contributed by atoms with Crippen molar-refractivity contribution >= 4 is 17.5 Å². The lowest BCUT2D eigenvalue weighted by Gasteiger charge is -2.01. The number of hydrogen-bond acceptors (Lipinski definition) is 6. The molecule has 0 radical (unpaired) electrons. The van der Waals surface area contributed by atoms with Crippen LogP contribution >= 0.6 is 11.8 Å². The predicted octanol–water partition coefficient (Wildman–Crippen LogP) is 1.05. The number of rotatable bonds is 3. The van der Waals surface area contributed by atoms with Crippen molar-refractivity contribution in [3.05, 3.63) is 11.7 Å². The molecule has 6 heteroatoms. The first kappa shape index (κ1) is 11.2. The lowest BCUT2D eigenvalue weighted by molar-refractivity contribution is -0.117. The Hall–Kier alpha value is -0.880. The van der Waals surface area contributed by atoms with Crippen LogP contribution in [0.1, 0.15) is 24.1 Å². The molecular weight excluding hydrogens is 240 g/mol. The van der Waals surface area contributed by atoms with E-state index in [2.05, 4.69) is 10.1 Å². The van der Waals surface area contributed by atoms with Crippen molar-refractivity contribution in [2.24, 2.45) is 5.92 Å². The van der Waals surface area contributed by atoms with Crippen LogP contribution in [0.25, 0.3) is 0 Å². The number of ketones is 1. The van der Waals surface area contributed by atoms with Gasteiger partial charge in [0.1, 0.15) is 5.92 Å². The lowest BCUT2D eigenvalue weighted by Crippen LogP contribution is -2.10. The van der Waals surface area contributed by atoms with E-state index in [4.69, 9.17) is 9.26 Å². The average Bonchev–Trinajstić information content (AvgIpc) is 3.00. The molecule has 0 saturated carbocycles. The molecule has 17 heavy (non-hydrogen) atoms. The van der Waals surface area contributed by atoms with Crippen LogP contribution in [0.4, 0.5) is 0 Å². The maximum Gasteiger partial charge on any atom is 0.238 e. The molecule has 1 aromatic rings. The van der Waals surface area contributed by atoms with Gasteiger partial charge in [0, 0.05) is 25.4 Å². The van der Waals surface area contributed by atoms with Gasteiger partial charge in [-0.05, 0) is 12.3 Å². The summed E-state index contributed by atoms with van der Waals surface area (Å²) in [4.78, 5) is 15.9. The van der Waals surface area contributed by atoms with Crippen LogP contribution in [0.2, 0.25) is 0 Å². The molecule has 0 spiro atoms. The normalized spacial score (nSPS) is 29.1. The van der Waals surface area contributed by atoms with E-state index in [1.165, 1.54) is 0 Å². The van der Waals surface area contributed by atoms with Crippen LogP contribution < -0.4 is 0 Å². The third-order valence-electron chi connectivity index (χ3n) is 3.19. The summed E-state index contributed by atoms with van der Waals surface area (Å²) in [5.41, 5.74) is 0. The molecule has 5 nitrogen and oxygen atoms in total. The number of carbonyl (C=O) groups is 1. The molecule has 0 amide bonds. The molecule has 0 bridgehead atoms. The van der Waals surface area contributed by atoms with Gasteiger partial charge in [-0.2, -0.15) is 16.7 Å². The minimum atomic E-state index is -0.180. The number of Topliss-reactive ketones (excluding diaryl/α,β-unsaturated/α-hetero) is 1. The van der Waals surface area contributed by atoms with E-state index in [1.54, 1.807) is 11.8 Å². The highest BCUT2D eigenvalue weighted by atomic mass is 32.2. The van der Waals surface area contributed by atoms with E-state index in [1.807, 2.05) is 0 Å². The fourth-order valence-corrected chi connectivity index (χ4v) is 3.26. The summed E-state index contributed by atoms with van der Waals surface area (Å²) >= 11 is 1.63. The Morgan fingerprint density at radius 1 is 1.47 bits per heavy atom. The summed E-state index contributed by atoms with van der Waals surface area (Å²) in [7, 11) is 0. The van der Waals surface area contributed by atoms with E-state index in [-0.39, 0.29) is 11.7 Å². The second-order valence-electron chi connectivity index (χ2n) is 4.52. The Balaban J connectivity index is 1.67. The number of thioether (sulfide) groups is 1. The van der Waals surface area contributed by atoms with Crippen LogP contribution in [0.15, 0.2) is 4.52 Å². The number of hydrogen-bond donors (Lipinski definition) is 0. The second-order valence-corrected chi connectivity index (χ2v) is 5.55. The molecule has 92 valence electrons. The second kappa shape index (κ2) is 4.78. The van der Waals surface area contributed by atoms with E-state index in [0.29, 0.717) is 23.4 Å². The number of nitrogens with zero attached hydrogens (tertiary/aromatic N) is 2. The van der Waals surface area contributed by atoms with Crippen molar-refractivity contribution in [3.63, 3.8) is 0 Å². The van der Waals surface area contributed by atoms with Crippen LogP contribution in [0, 0.1) is 5.92 Å². The summed E-state index contributed by atoms with van der Waals surface area (Å²) in [6, 6.07) is 0. The zero-order chi connectivity index (χ0) is 11.7. The van der Waals surface area contributed by atoms with Gasteiger partial charge in [-0.25, -0.2) is 0 Å². The third kappa shape index (κ3) is 2.37. The molecule has 2 unspecified atom stereocenters. The van der Waals surface area contributed by atoms with Gasteiger partial charge in [0.2, 0.25) is 5.89 Å². The first-order valence-corrected chi connectivity index (χ1v) is 6.99. The number of ether oxygens (including phenoxy) is 1. The van der Waals surface area contributed by atoms with Crippen molar-refractivity contribution in [2.45, 2.75) is 18.8 Å². The molecule has 0 aromatic carbocycles. The smallest absolute Gasteiger partial charge is 0.238 e.